The zero-order valence-corrected chi connectivity index (χ0v) is 5.99. The van der Waals surface area contributed by atoms with E-state index in [1.54, 1.807) is 0 Å². The molecule has 0 aromatic carbocycles. The fraction of sp³-hybridized carbons (Fsp3) is 0.333. The number of hydrogen-bond donors (Lipinski definition) is 0. The highest BCUT2D eigenvalue weighted by molar-refractivity contribution is 7.83. The van der Waals surface area contributed by atoms with E-state index in [1.165, 1.54) is 12.2 Å². The van der Waals surface area contributed by atoms with E-state index in [-0.39, 0.29) is 17.2 Å². The first-order valence-corrected chi connectivity index (χ1v) is 3.92. The zero-order chi connectivity index (χ0) is 7.56. The summed E-state index contributed by atoms with van der Waals surface area (Å²) in [6.07, 6.45) is 2.98. The molecule has 0 spiro atoms. The fourth-order valence-electron chi connectivity index (χ4n) is 0.732. The Morgan fingerprint density at radius 1 is 1.50 bits per heavy atom. The second-order valence-electron chi connectivity index (χ2n) is 1.98. The van der Waals surface area contributed by atoms with Crippen LogP contribution in [0, 0.1) is 0 Å². The normalized spacial score (nSPS) is 21.4. The van der Waals surface area contributed by atoms with E-state index in [0.717, 1.165) is 0 Å². The summed E-state index contributed by atoms with van der Waals surface area (Å²) in [6.45, 7) is 0. The van der Waals surface area contributed by atoms with E-state index < -0.39 is 11.1 Å². The number of halogens is 1. The molecule has 0 aliphatic heterocycles. The molecule has 1 rings (SSSR count). The largest absolute Gasteiger partial charge is 0.769 e. The van der Waals surface area contributed by atoms with Gasteiger partial charge in [0.1, 0.15) is 5.83 Å². The summed E-state index contributed by atoms with van der Waals surface area (Å²) < 4.78 is 32.7. The van der Waals surface area contributed by atoms with Gasteiger partial charge in [0.15, 0.2) is 0 Å². The Hall–Kier alpha value is -0.480. The first kappa shape index (κ1) is 7.63. The second-order valence-corrected chi connectivity index (χ2v) is 2.98. The van der Waals surface area contributed by atoms with Crippen molar-refractivity contribution in [3.05, 3.63) is 22.9 Å². The highest BCUT2D eigenvalue weighted by Gasteiger charge is 2.04. The number of rotatable bonds is 1. The lowest BCUT2D eigenvalue weighted by molar-refractivity contribution is 0.537. The van der Waals surface area contributed by atoms with Gasteiger partial charge in [-0.15, -0.1) is 0 Å². The topological polar surface area (TPSA) is 40.1 Å². The smallest absolute Gasteiger partial charge is 0.100 e. The van der Waals surface area contributed by atoms with Crippen LogP contribution >= 0.6 is 0 Å². The Labute approximate surface area is 60.7 Å². The standard InChI is InChI=1S/C6H7FO2S/c7-5-1-3-6(4-2-5)10(8)9/h1,3H,2,4H2,(H,8,9)/p-1. The zero-order valence-electron chi connectivity index (χ0n) is 5.17. The van der Waals surface area contributed by atoms with Crippen molar-refractivity contribution in [3.8, 4) is 0 Å². The average molecular weight is 161 g/mol. The molecule has 1 atom stereocenters. The molecular formula is C6H6FO2S-. The second kappa shape index (κ2) is 3.07. The first-order valence-electron chi connectivity index (χ1n) is 2.84. The molecule has 0 radical (unpaired) electrons. The van der Waals surface area contributed by atoms with E-state index in [4.69, 9.17) is 0 Å². The molecule has 0 bridgehead atoms. The summed E-state index contributed by atoms with van der Waals surface area (Å²) in [5.41, 5.74) is 0. The summed E-state index contributed by atoms with van der Waals surface area (Å²) in [5, 5.41) is 0. The molecule has 0 amide bonds. The van der Waals surface area contributed by atoms with Crippen molar-refractivity contribution < 1.29 is 13.2 Å². The van der Waals surface area contributed by atoms with Gasteiger partial charge in [-0.2, -0.15) is 0 Å². The minimum absolute atomic E-state index is 0.208. The van der Waals surface area contributed by atoms with Crippen LogP contribution in [0.3, 0.4) is 0 Å². The molecule has 4 heteroatoms. The van der Waals surface area contributed by atoms with Gasteiger partial charge in [0.2, 0.25) is 0 Å². The van der Waals surface area contributed by atoms with Crippen LogP contribution in [-0.2, 0) is 11.1 Å². The molecule has 0 N–H and O–H groups in total. The van der Waals surface area contributed by atoms with Gasteiger partial charge in [0.25, 0.3) is 0 Å². The quantitative estimate of drug-likeness (QED) is 0.545. The molecule has 0 saturated heterocycles. The lowest BCUT2D eigenvalue weighted by Crippen LogP contribution is -1.96. The Bertz CT molecular complexity index is 220. The Morgan fingerprint density at radius 2 is 2.20 bits per heavy atom. The monoisotopic (exact) mass is 161 g/mol. The van der Waals surface area contributed by atoms with Gasteiger partial charge in [-0.1, -0.05) is 0 Å². The molecule has 56 valence electrons. The summed E-state index contributed by atoms with van der Waals surface area (Å²) in [4.78, 5) is 0.279. The third-order valence-electron chi connectivity index (χ3n) is 1.27. The van der Waals surface area contributed by atoms with Crippen LogP contribution in [0.2, 0.25) is 0 Å². The van der Waals surface area contributed by atoms with Crippen LogP contribution in [-0.4, -0.2) is 8.76 Å². The van der Waals surface area contributed by atoms with Crippen LogP contribution in [0.4, 0.5) is 4.39 Å². The lowest BCUT2D eigenvalue weighted by atomic mass is 10.2. The van der Waals surface area contributed by atoms with Gasteiger partial charge in [-0.05, 0) is 29.7 Å². The third kappa shape index (κ3) is 1.75. The third-order valence-corrected chi connectivity index (χ3v) is 2.04. The molecule has 0 heterocycles. The van der Waals surface area contributed by atoms with Crippen molar-refractivity contribution in [2.75, 3.05) is 0 Å². The van der Waals surface area contributed by atoms with Crippen molar-refractivity contribution in [1.29, 1.82) is 0 Å². The van der Waals surface area contributed by atoms with Gasteiger partial charge in [-0.25, -0.2) is 4.39 Å². The molecule has 2 nitrogen and oxygen atoms in total. The van der Waals surface area contributed by atoms with Gasteiger partial charge in [0, 0.05) is 11.3 Å². The molecule has 0 aromatic heterocycles. The van der Waals surface area contributed by atoms with Crippen LogP contribution in [0.5, 0.6) is 0 Å². The molecule has 10 heavy (non-hydrogen) atoms. The SMILES string of the molecule is O=S([O-])C1=CC=C(F)CC1. The van der Waals surface area contributed by atoms with E-state index >= 15 is 0 Å². The summed E-state index contributed by atoms with van der Waals surface area (Å²) >= 11 is -2.17. The van der Waals surface area contributed by atoms with Crippen molar-refractivity contribution in [2.24, 2.45) is 0 Å². The van der Waals surface area contributed by atoms with Gasteiger partial charge >= 0.3 is 0 Å². The van der Waals surface area contributed by atoms with Gasteiger partial charge in [-0.3, -0.25) is 4.21 Å². The first-order chi connectivity index (χ1) is 4.70. The maximum Gasteiger partial charge on any atom is 0.100 e. The molecule has 0 saturated carbocycles. The van der Waals surface area contributed by atoms with Crippen LogP contribution in [0.15, 0.2) is 22.9 Å². The minimum atomic E-state index is -2.17. The molecule has 0 aromatic rings. The van der Waals surface area contributed by atoms with Crippen LogP contribution < -0.4 is 0 Å². The minimum Gasteiger partial charge on any atom is -0.769 e. The van der Waals surface area contributed by atoms with Crippen molar-refractivity contribution in [2.45, 2.75) is 12.8 Å². The Kier molecular flexibility index (Phi) is 2.34. The molecule has 1 aliphatic rings. The number of allylic oxidation sites excluding steroid dienone is 4. The maximum atomic E-state index is 12.2. The van der Waals surface area contributed by atoms with Crippen molar-refractivity contribution in [3.63, 3.8) is 0 Å². The predicted molar refractivity (Wildman–Crippen MR) is 35.4 cm³/mol. The van der Waals surface area contributed by atoms with Gasteiger partial charge in [0.05, 0.1) is 0 Å². The Balaban J connectivity index is 2.74. The summed E-state index contributed by atoms with van der Waals surface area (Å²) in [6, 6.07) is 0. The summed E-state index contributed by atoms with van der Waals surface area (Å²) in [5.74, 6) is -0.255. The molecule has 0 fully saturated rings. The fourth-order valence-corrected chi connectivity index (χ4v) is 1.18. The molecule has 1 aliphatic carbocycles. The van der Waals surface area contributed by atoms with E-state index in [0.29, 0.717) is 6.42 Å². The van der Waals surface area contributed by atoms with Crippen molar-refractivity contribution >= 4 is 11.1 Å². The highest BCUT2D eigenvalue weighted by Crippen LogP contribution is 2.20. The molecular weight excluding hydrogens is 155 g/mol. The van der Waals surface area contributed by atoms with Crippen LogP contribution in [0.25, 0.3) is 0 Å². The average Bonchev–Trinajstić information content (AvgIpc) is 1.88. The van der Waals surface area contributed by atoms with Crippen molar-refractivity contribution in [1.82, 2.24) is 0 Å². The maximum absolute atomic E-state index is 12.2. The predicted octanol–water partition coefficient (Wildman–Crippen LogP) is 1.40. The van der Waals surface area contributed by atoms with Crippen LogP contribution in [0.1, 0.15) is 12.8 Å². The summed E-state index contributed by atoms with van der Waals surface area (Å²) in [7, 11) is 0. The highest BCUT2D eigenvalue weighted by atomic mass is 32.2. The lowest BCUT2D eigenvalue weighted by Gasteiger charge is -2.11. The molecule has 1 unspecified atom stereocenters. The number of hydrogen-bond acceptors (Lipinski definition) is 2. The van der Waals surface area contributed by atoms with E-state index in [1.807, 2.05) is 0 Å². The van der Waals surface area contributed by atoms with E-state index in [2.05, 4.69) is 0 Å². The van der Waals surface area contributed by atoms with E-state index in [9.17, 15) is 13.2 Å². The van der Waals surface area contributed by atoms with Gasteiger partial charge < -0.3 is 4.55 Å². The Morgan fingerprint density at radius 3 is 2.60 bits per heavy atom.